The van der Waals surface area contributed by atoms with Crippen LogP contribution in [0.15, 0.2) is 0 Å². The summed E-state index contributed by atoms with van der Waals surface area (Å²) in [6.45, 7) is 0. The molecule has 76 heavy (non-hydrogen) atoms. The standard InChI is InChI=1S/5Ca.K.4HNO3.NO3.50H2O.10H/c;;;;;;5*2-1(3)4;;;;;;;;;;;;;;;;;;;;;;;;;;;;;;;;;;;;;;;;;;;;;;;;;;;;;;;;;;;;/h;;;;;;4*(H,2,3,4);;50*1H2;;;;;;;;;;/q;;;;;+1;;;;;-1;;;;;;;;;;;;;;;;;;;;;;;;;;;;;;;;;;;;;;;;;;;;;;;;;;;;;;;;;;;;. The van der Waals surface area contributed by atoms with Crippen molar-refractivity contribution in [2.75, 3.05) is 0 Å². The Kier molecular flexibility index (Phi) is 32700. The SMILES string of the molecule is O.O.O.O.O.O.O.O.O.O.O.O.O.O.O.O.O.O.O.O.O.O.O.O.O.O.O.O.O.O.O.O.O.O.O.O.O.O.O.O.O.O.O.O.O.O.O.O.O.O.O=[N+]([O-])O.O=[N+]([O-])O.O=[N+]([O-])O.O=[N+]([O-])O.O=[N+]([O-])[O-].[CaH2].[CaH2].[CaH2].[CaH2].[CaH2].[K+]. The van der Waals surface area contributed by atoms with Crippen LogP contribution in [0.5, 0.6) is 0 Å². The Morgan fingerprint density at radius 1 is 0.158 bits per heavy atom. The van der Waals surface area contributed by atoms with Gasteiger partial charge >= 0.3 is 240 Å². The van der Waals surface area contributed by atoms with Gasteiger partial charge in [-0.25, -0.2) is 0 Å². The van der Waals surface area contributed by atoms with E-state index in [0.717, 1.165) is 0 Å². The van der Waals surface area contributed by atoms with E-state index in [0.29, 0.717) is 0 Å². The largest absolute Gasteiger partial charge is 1.00 e. The van der Waals surface area contributed by atoms with Crippen LogP contribution in [0.2, 0.25) is 0 Å². The molecule has 0 aromatic rings. The van der Waals surface area contributed by atoms with Gasteiger partial charge in [-0.2, -0.15) is 0 Å². The average Bonchev–Trinajstić information content (AvgIpc) is 1.94. The minimum absolute atomic E-state index is 0. The summed E-state index contributed by atoms with van der Waals surface area (Å²) in [5.74, 6) is 0. The molecule has 0 heterocycles. The number of nitrogens with zero attached hydrogens (tertiary/aromatic N) is 5. The van der Waals surface area contributed by atoms with Crippen molar-refractivity contribution in [3.8, 4) is 0 Å². The minimum Gasteiger partial charge on any atom is 1.00 e. The van der Waals surface area contributed by atoms with Crippen LogP contribution < -0.4 is 51.4 Å². The van der Waals surface area contributed by atoms with E-state index in [1.165, 1.54) is 0 Å². The van der Waals surface area contributed by atoms with Crippen molar-refractivity contribution in [2.45, 2.75) is 0 Å². The van der Waals surface area contributed by atoms with E-state index < -0.39 is 25.4 Å². The molecule has 0 amide bonds. The zero-order chi connectivity index (χ0) is 17.9. The first-order valence-electron chi connectivity index (χ1n) is 2.81. The van der Waals surface area contributed by atoms with E-state index in [1.807, 2.05) is 0 Å². The Labute approximate surface area is 607 Å². The van der Waals surface area contributed by atoms with E-state index in [2.05, 4.69) is 0 Å². The fourth-order valence-corrected chi connectivity index (χ4v) is 0. The second-order valence-electron chi connectivity index (χ2n) is 1.17. The smallest absolute Gasteiger partial charge is 1.00 e. The molecule has 0 aliphatic rings. The fraction of sp³-hybridized carbons (Fsp3) is 0. The quantitative estimate of drug-likeness (QED) is 0.0994. The number of rotatable bonds is 0. The van der Waals surface area contributed by atoms with Crippen LogP contribution in [0.25, 0.3) is 0 Å². The molecule has 0 atom stereocenters. The van der Waals surface area contributed by atoms with Gasteiger partial charge in [0, 0.05) is 0 Å². The van der Waals surface area contributed by atoms with Crippen LogP contribution in [-0.2, 0) is 0 Å². The second kappa shape index (κ2) is 1550. The molecular weight excluding hydrogens is 1350 g/mol. The van der Waals surface area contributed by atoms with E-state index in [-0.39, 0.29) is 514 Å². The van der Waals surface area contributed by atoms with Crippen molar-refractivity contribution >= 4 is 189 Å². The van der Waals surface area contributed by atoms with Crippen molar-refractivity contribution in [3.05, 3.63) is 55.8 Å². The van der Waals surface area contributed by atoms with Gasteiger partial charge in [-0.3, -0.25) is 0 Å². The van der Waals surface area contributed by atoms with E-state index in [4.69, 9.17) is 76.6 Å². The summed E-state index contributed by atoms with van der Waals surface area (Å²) in [4.78, 5) is 41.7. The molecule has 0 aliphatic carbocycles. The minimum atomic E-state index is -1.75. The number of hydrogen-bond acceptors (Lipinski definition) is 11. The van der Waals surface area contributed by atoms with Gasteiger partial charge in [-0.05, 0) is 0 Å². The first-order valence-corrected chi connectivity index (χ1v) is 2.81. The molecule has 0 bridgehead atoms. The molecule has 104 N–H and O–H groups in total. The van der Waals surface area contributed by atoms with E-state index in [1.54, 1.807) is 0 Å². The topological polar surface area (TPSA) is 1890 Å². The van der Waals surface area contributed by atoms with Crippen LogP contribution >= 0.6 is 0 Å². The van der Waals surface area contributed by atoms with Crippen molar-refractivity contribution in [3.63, 3.8) is 0 Å². The average molecular weight is 1460 g/mol. The van der Waals surface area contributed by atoms with Crippen LogP contribution in [-0.4, -0.2) is 509 Å². The third-order valence-electron chi connectivity index (χ3n) is 0. The van der Waals surface area contributed by atoms with Gasteiger partial charge in [-0.15, -0.1) is 40.5 Å². The van der Waals surface area contributed by atoms with E-state index in [9.17, 15) is 0 Å². The van der Waals surface area contributed by atoms with Gasteiger partial charge in [-0.1, -0.05) is 0 Å². The molecule has 0 spiro atoms. The van der Waals surface area contributed by atoms with Crippen molar-refractivity contribution in [1.82, 2.24) is 0 Å². The first-order chi connectivity index (χ1) is 8.66. The zero-order valence-electron chi connectivity index (χ0n) is 34.5. The maximum atomic E-state index is 8.36. The van der Waals surface area contributed by atoms with Crippen LogP contribution in [0.4, 0.5) is 0 Å². The van der Waals surface area contributed by atoms with Crippen LogP contribution in [0, 0.1) is 55.8 Å². The summed E-state index contributed by atoms with van der Waals surface area (Å²) in [5.41, 5.74) is 0. The summed E-state index contributed by atoms with van der Waals surface area (Å²) in [6.07, 6.45) is 0. The van der Waals surface area contributed by atoms with Crippen molar-refractivity contribution in [2.24, 2.45) is 0 Å². The maximum Gasteiger partial charge on any atom is 1.00 e. The predicted octanol–water partition coefficient (Wildman–Crippen LogP) is -50.4. The normalized spacial score (nSPS) is 1.58. The molecule has 540 valence electrons. The molecular formula is H114Ca5KN5O65. The Hall–Kier alpha value is 1.94. The van der Waals surface area contributed by atoms with Gasteiger partial charge in [0.1, 0.15) is 0 Å². The molecule has 0 unspecified atom stereocenters. The van der Waals surface area contributed by atoms with Crippen LogP contribution in [0.1, 0.15) is 0 Å². The second-order valence-corrected chi connectivity index (χ2v) is 1.17. The molecule has 0 rings (SSSR count). The third-order valence-corrected chi connectivity index (χ3v) is 0. The molecule has 0 saturated carbocycles. The van der Waals surface area contributed by atoms with Gasteiger partial charge < -0.3 is 310 Å². The molecule has 0 aromatic heterocycles. The Balaban J connectivity index is -0.000000000530. The van der Waals surface area contributed by atoms with Gasteiger partial charge in [0.25, 0.3) is 20.3 Å². The molecule has 0 aliphatic heterocycles. The maximum absolute atomic E-state index is 8.36. The predicted molar refractivity (Wildman–Crippen MR) is 269 cm³/mol. The Morgan fingerprint density at radius 2 is 0.158 bits per heavy atom. The molecule has 70 nitrogen and oxygen atoms in total. The zero-order valence-corrected chi connectivity index (χ0v) is 37.6. The molecule has 0 saturated heterocycles. The first kappa shape index (κ1) is 1610. The van der Waals surface area contributed by atoms with Crippen molar-refractivity contribution in [1.29, 1.82) is 0 Å². The van der Waals surface area contributed by atoms with Crippen molar-refractivity contribution < 1.29 is 371 Å². The summed E-state index contributed by atoms with van der Waals surface area (Å²) < 4.78 is 0. The Morgan fingerprint density at radius 3 is 0.158 bits per heavy atom. The molecule has 0 fully saturated rings. The molecule has 76 heteroatoms. The van der Waals surface area contributed by atoms with Gasteiger partial charge in [0.05, 0.1) is 5.09 Å². The fourth-order valence-electron chi connectivity index (χ4n) is 0. The monoisotopic (exact) mass is 1460 g/mol. The van der Waals surface area contributed by atoms with Gasteiger partial charge in [0.2, 0.25) is 0 Å². The van der Waals surface area contributed by atoms with Crippen LogP contribution in [0.3, 0.4) is 0 Å². The summed E-state index contributed by atoms with van der Waals surface area (Å²) in [5, 5.41) is 69.3. The van der Waals surface area contributed by atoms with Gasteiger partial charge in [0.15, 0.2) is 0 Å². The summed E-state index contributed by atoms with van der Waals surface area (Å²) in [6, 6.07) is 0. The summed E-state index contributed by atoms with van der Waals surface area (Å²) in [7, 11) is 0. The molecule has 0 aromatic carbocycles. The van der Waals surface area contributed by atoms with E-state index >= 15 is 0 Å². The molecule has 0 radical (unpaired) electrons. The number of hydrogen-bond donors (Lipinski definition) is 4. The summed E-state index contributed by atoms with van der Waals surface area (Å²) >= 11 is 0. The Bertz CT molecular complexity index is 245. The third kappa shape index (κ3) is 114000.